The molecule has 0 saturated carbocycles. The van der Waals surface area contributed by atoms with Gasteiger partial charge in [0.2, 0.25) is 0 Å². The zero-order chi connectivity index (χ0) is 22.4. The minimum absolute atomic E-state index is 0.125. The maximum atomic E-state index is 12.6. The standard InChI is InChI=1S/C23H19ClN2O4S/c1-4-12-30-19-11-6-15(13-18(19)24)14-20-21(27)26(3)23(31-20)25-17-9-7-16(8-10-17)22(28)29-5-2/h1,6-11,13-14H,5,12H2,2-3H3. The molecule has 0 spiro atoms. The van der Waals surface area contributed by atoms with Crippen LogP contribution in [0.5, 0.6) is 5.75 Å². The number of aliphatic imine (C=N–C) groups is 1. The predicted octanol–water partition coefficient (Wildman–Crippen LogP) is 4.76. The van der Waals surface area contributed by atoms with Gasteiger partial charge in [-0.1, -0.05) is 23.6 Å². The van der Waals surface area contributed by atoms with Gasteiger partial charge in [0.25, 0.3) is 5.91 Å². The number of terminal acetylenes is 1. The van der Waals surface area contributed by atoms with Crippen LogP contribution in [0.1, 0.15) is 22.8 Å². The second-order valence-corrected chi connectivity index (χ2v) is 7.74. The number of ether oxygens (including phenoxy) is 2. The molecular formula is C23H19ClN2O4S. The summed E-state index contributed by atoms with van der Waals surface area (Å²) in [6.07, 6.45) is 6.93. The van der Waals surface area contributed by atoms with Crippen LogP contribution in [0.15, 0.2) is 52.4 Å². The Morgan fingerprint density at radius 2 is 2.03 bits per heavy atom. The average molecular weight is 455 g/mol. The van der Waals surface area contributed by atoms with E-state index in [9.17, 15) is 9.59 Å². The van der Waals surface area contributed by atoms with Crippen molar-refractivity contribution < 1.29 is 19.1 Å². The van der Waals surface area contributed by atoms with Gasteiger partial charge in [-0.05, 0) is 66.7 Å². The van der Waals surface area contributed by atoms with Crippen molar-refractivity contribution in [2.24, 2.45) is 4.99 Å². The van der Waals surface area contributed by atoms with Gasteiger partial charge >= 0.3 is 5.97 Å². The molecule has 3 rings (SSSR count). The van der Waals surface area contributed by atoms with Crippen molar-refractivity contribution in [3.63, 3.8) is 0 Å². The van der Waals surface area contributed by atoms with Crippen LogP contribution >= 0.6 is 23.4 Å². The Hall–Kier alpha value is -3.21. The molecule has 0 aromatic heterocycles. The van der Waals surface area contributed by atoms with Crippen molar-refractivity contribution >= 4 is 52.2 Å². The SMILES string of the molecule is C#CCOc1ccc(C=C2SC(=Nc3ccc(C(=O)OCC)cc3)N(C)C2=O)cc1Cl. The second-order valence-electron chi connectivity index (χ2n) is 6.32. The highest BCUT2D eigenvalue weighted by Gasteiger charge is 2.30. The van der Waals surface area contributed by atoms with E-state index in [1.165, 1.54) is 16.7 Å². The molecule has 0 bridgehead atoms. The lowest BCUT2D eigenvalue weighted by molar-refractivity contribution is -0.121. The molecule has 0 unspecified atom stereocenters. The Balaban J connectivity index is 1.78. The number of thioether (sulfide) groups is 1. The molecule has 1 aliphatic heterocycles. The summed E-state index contributed by atoms with van der Waals surface area (Å²) in [7, 11) is 1.66. The Morgan fingerprint density at radius 3 is 2.68 bits per heavy atom. The Morgan fingerprint density at radius 1 is 1.29 bits per heavy atom. The molecule has 0 radical (unpaired) electrons. The summed E-state index contributed by atoms with van der Waals surface area (Å²) in [5.41, 5.74) is 1.82. The molecule has 2 aromatic carbocycles. The van der Waals surface area contributed by atoms with E-state index < -0.39 is 0 Å². The van der Waals surface area contributed by atoms with Crippen LogP contribution in [-0.4, -0.2) is 42.2 Å². The molecule has 0 aliphatic carbocycles. The molecule has 8 heteroatoms. The lowest BCUT2D eigenvalue weighted by atomic mass is 10.2. The molecular weight excluding hydrogens is 436 g/mol. The van der Waals surface area contributed by atoms with E-state index in [1.807, 2.05) is 0 Å². The van der Waals surface area contributed by atoms with Crippen molar-refractivity contribution in [2.45, 2.75) is 6.92 Å². The smallest absolute Gasteiger partial charge is 0.338 e. The van der Waals surface area contributed by atoms with Crippen molar-refractivity contribution in [3.05, 3.63) is 63.5 Å². The Kier molecular flexibility index (Phi) is 7.40. The quantitative estimate of drug-likeness (QED) is 0.357. The van der Waals surface area contributed by atoms with Gasteiger partial charge in [0, 0.05) is 7.05 Å². The molecule has 1 fully saturated rings. The minimum atomic E-state index is -0.385. The molecule has 2 aromatic rings. The zero-order valence-corrected chi connectivity index (χ0v) is 18.5. The van der Waals surface area contributed by atoms with E-state index in [-0.39, 0.29) is 18.5 Å². The number of halogens is 1. The second kappa shape index (κ2) is 10.2. The van der Waals surface area contributed by atoms with Gasteiger partial charge in [-0.25, -0.2) is 9.79 Å². The Labute approximate surface area is 189 Å². The van der Waals surface area contributed by atoms with Crippen LogP contribution in [0.4, 0.5) is 5.69 Å². The summed E-state index contributed by atoms with van der Waals surface area (Å²) in [6, 6.07) is 11.9. The summed E-state index contributed by atoms with van der Waals surface area (Å²) in [6.45, 7) is 2.19. The first kappa shape index (κ1) is 22.5. The average Bonchev–Trinajstić information content (AvgIpc) is 3.01. The number of rotatable bonds is 6. The summed E-state index contributed by atoms with van der Waals surface area (Å²) >= 11 is 7.48. The minimum Gasteiger partial charge on any atom is -0.479 e. The number of amides is 1. The number of esters is 1. The fourth-order valence-corrected chi connectivity index (χ4v) is 3.87. The fraction of sp³-hybridized carbons (Fsp3) is 0.174. The maximum absolute atomic E-state index is 12.6. The lowest BCUT2D eigenvalue weighted by Gasteiger charge is -2.07. The molecule has 158 valence electrons. The van der Waals surface area contributed by atoms with Gasteiger partial charge in [-0.3, -0.25) is 9.69 Å². The van der Waals surface area contributed by atoms with E-state index >= 15 is 0 Å². The summed E-state index contributed by atoms with van der Waals surface area (Å²) in [5, 5.41) is 0.934. The molecule has 31 heavy (non-hydrogen) atoms. The van der Waals surface area contributed by atoms with E-state index in [1.54, 1.807) is 62.5 Å². The number of likely N-dealkylation sites (N-methyl/N-ethyl adjacent to an activating group) is 1. The number of carbonyl (C=O) groups excluding carboxylic acids is 2. The van der Waals surface area contributed by atoms with E-state index in [2.05, 4.69) is 10.9 Å². The van der Waals surface area contributed by atoms with Crippen LogP contribution < -0.4 is 4.74 Å². The third-order valence-electron chi connectivity index (χ3n) is 4.17. The number of benzene rings is 2. The van der Waals surface area contributed by atoms with Crippen molar-refractivity contribution in [2.75, 3.05) is 20.3 Å². The molecule has 0 atom stereocenters. The topological polar surface area (TPSA) is 68.2 Å². The first-order chi connectivity index (χ1) is 14.9. The highest BCUT2D eigenvalue weighted by atomic mass is 35.5. The molecule has 6 nitrogen and oxygen atoms in total. The molecule has 1 heterocycles. The van der Waals surface area contributed by atoms with E-state index in [0.717, 1.165) is 5.56 Å². The van der Waals surface area contributed by atoms with Crippen LogP contribution in [0.25, 0.3) is 6.08 Å². The van der Waals surface area contributed by atoms with Crippen LogP contribution in [0.2, 0.25) is 5.02 Å². The van der Waals surface area contributed by atoms with Gasteiger partial charge < -0.3 is 9.47 Å². The first-order valence-corrected chi connectivity index (χ1v) is 10.5. The highest BCUT2D eigenvalue weighted by Crippen LogP contribution is 2.34. The van der Waals surface area contributed by atoms with Crippen molar-refractivity contribution in [3.8, 4) is 18.1 Å². The molecule has 1 aliphatic rings. The van der Waals surface area contributed by atoms with Gasteiger partial charge in [0.15, 0.2) is 5.17 Å². The number of amidine groups is 1. The molecule has 1 saturated heterocycles. The van der Waals surface area contributed by atoms with Crippen LogP contribution in [0, 0.1) is 12.3 Å². The van der Waals surface area contributed by atoms with Crippen LogP contribution in [0.3, 0.4) is 0 Å². The van der Waals surface area contributed by atoms with E-state index in [4.69, 9.17) is 27.5 Å². The monoisotopic (exact) mass is 454 g/mol. The summed E-state index contributed by atoms with van der Waals surface area (Å²) < 4.78 is 10.3. The Bertz CT molecular complexity index is 1100. The molecule has 1 amide bonds. The number of hydrogen-bond donors (Lipinski definition) is 0. The normalized spacial score (nSPS) is 15.9. The van der Waals surface area contributed by atoms with Crippen molar-refractivity contribution in [1.29, 1.82) is 0 Å². The van der Waals surface area contributed by atoms with Gasteiger partial charge in [0.05, 0.1) is 27.8 Å². The van der Waals surface area contributed by atoms with Crippen LogP contribution in [-0.2, 0) is 9.53 Å². The number of hydrogen-bond acceptors (Lipinski definition) is 6. The van der Waals surface area contributed by atoms with E-state index in [0.29, 0.717) is 38.7 Å². The fourth-order valence-electron chi connectivity index (χ4n) is 2.64. The van der Waals surface area contributed by atoms with Gasteiger partial charge in [-0.15, -0.1) is 6.42 Å². The predicted molar refractivity (Wildman–Crippen MR) is 124 cm³/mol. The third-order valence-corrected chi connectivity index (χ3v) is 5.53. The zero-order valence-electron chi connectivity index (χ0n) is 16.9. The van der Waals surface area contributed by atoms with Gasteiger partial charge in [0.1, 0.15) is 12.4 Å². The van der Waals surface area contributed by atoms with Crippen molar-refractivity contribution in [1.82, 2.24) is 4.90 Å². The number of nitrogens with zero attached hydrogens (tertiary/aromatic N) is 2. The summed E-state index contributed by atoms with van der Waals surface area (Å²) in [4.78, 5) is 30.9. The summed E-state index contributed by atoms with van der Waals surface area (Å²) in [5.74, 6) is 2.31. The highest BCUT2D eigenvalue weighted by molar-refractivity contribution is 8.18. The van der Waals surface area contributed by atoms with Gasteiger partial charge in [-0.2, -0.15) is 0 Å². The first-order valence-electron chi connectivity index (χ1n) is 9.32. The largest absolute Gasteiger partial charge is 0.479 e. The number of carbonyl (C=O) groups is 2. The third kappa shape index (κ3) is 5.48. The molecule has 0 N–H and O–H groups in total. The lowest BCUT2D eigenvalue weighted by Crippen LogP contribution is -2.23. The maximum Gasteiger partial charge on any atom is 0.338 e.